The summed E-state index contributed by atoms with van der Waals surface area (Å²) in [5, 5.41) is 20.7. The van der Waals surface area contributed by atoms with Crippen LogP contribution in [-0.4, -0.2) is 38.6 Å². The molecule has 202 valence electrons. The minimum atomic E-state index is -4.51. The van der Waals surface area contributed by atoms with Gasteiger partial charge in [0.2, 0.25) is 0 Å². The number of aliphatic imine (C=N–C) groups is 1. The molecule has 3 unspecified atom stereocenters. The Kier molecular flexibility index (Phi) is 9.47. The molecule has 12 heteroatoms. The zero-order chi connectivity index (χ0) is 27.9. The summed E-state index contributed by atoms with van der Waals surface area (Å²) in [6.07, 6.45) is 8.05. The van der Waals surface area contributed by atoms with Gasteiger partial charge in [-0.15, -0.1) is 0 Å². The van der Waals surface area contributed by atoms with Crippen molar-refractivity contribution in [2.24, 2.45) is 16.8 Å². The molecule has 1 aliphatic heterocycles. The summed E-state index contributed by atoms with van der Waals surface area (Å²) in [4.78, 5) is 16.5. The summed E-state index contributed by atoms with van der Waals surface area (Å²) < 4.78 is 45.6. The summed E-state index contributed by atoms with van der Waals surface area (Å²) in [5.41, 5.74) is 1.79. The average Bonchev–Trinajstić information content (AvgIpc) is 2.86. The largest absolute Gasteiger partial charge is 0.460 e. The lowest BCUT2D eigenvalue weighted by atomic mass is 9.96. The number of rotatable bonds is 7. The first-order valence-corrected chi connectivity index (χ1v) is 12.1. The van der Waals surface area contributed by atoms with Gasteiger partial charge in [0, 0.05) is 67.0 Å². The molecule has 1 heterocycles. The lowest BCUT2D eigenvalue weighted by molar-refractivity contribution is -0.162. The van der Waals surface area contributed by atoms with Gasteiger partial charge in [-0.3, -0.25) is 4.99 Å². The van der Waals surface area contributed by atoms with Crippen molar-refractivity contribution in [2.75, 3.05) is 14.1 Å². The molecule has 0 bridgehead atoms. The lowest BCUT2D eigenvalue weighted by Gasteiger charge is -2.27. The predicted octanol–water partition coefficient (Wildman–Crippen LogP) is 4.77. The number of nitrogens with zero attached hydrogens (tertiary/aromatic N) is 2. The van der Waals surface area contributed by atoms with Crippen LogP contribution in [0.25, 0.3) is 0 Å². The number of amides is 2. The van der Waals surface area contributed by atoms with Gasteiger partial charge in [-0.2, -0.15) is 18.4 Å². The zero-order valence-corrected chi connectivity index (χ0v) is 21.7. The Labute approximate surface area is 224 Å². The van der Waals surface area contributed by atoms with E-state index in [1.165, 1.54) is 6.08 Å². The van der Waals surface area contributed by atoms with E-state index in [9.17, 15) is 23.2 Å². The van der Waals surface area contributed by atoms with Crippen LogP contribution in [0.4, 0.5) is 18.0 Å². The van der Waals surface area contributed by atoms with Gasteiger partial charge in [-0.1, -0.05) is 18.5 Å². The van der Waals surface area contributed by atoms with Crippen LogP contribution in [0.2, 0.25) is 0 Å². The third-order valence-corrected chi connectivity index (χ3v) is 6.32. The number of alkyl halides is 3. The molecule has 3 aliphatic rings. The van der Waals surface area contributed by atoms with Gasteiger partial charge in [0.05, 0.1) is 17.5 Å². The average molecular weight is 549 g/mol. The van der Waals surface area contributed by atoms with Crippen LogP contribution in [0, 0.1) is 23.2 Å². The van der Waals surface area contributed by atoms with Gasteiger partial charge >= 0.3 is 12.2 Å². The number of hydrogen-bond acceptors (Lipinski definition) is 6. The van der Waals surface area contributed by atoms with Crippen LogP contribution in [-0.2, 0) is 4.74 Å². The van der Waals surface area contributed by atoms with E-state index in [-0.39, 0.29) is 16.6 Å². The Morgan fingerprint density at radius 3 is 2.53 bits per heavy atom. The number of hydrogen-bond donors (Lipinski definition) is 4. The number of dihydropyridines is 1. The van der Waals surface area contributed by atoms with Crippen LogP contribution in [0.5, 0.6) is 0 Å². The summed E-state index contributed by atoms with van der Waals surface area (Å²) in [5.74, 6) is -1.02. The van der Waals surface area contributed by atoms with Crippen LogP contribution in [0.15, 0.2) is 86.9 Å². The first-order chi connectivity index (χ1) is 18.1. The number of urea groups is 1. The maximum Gasteiger partial charge on any atom is 0.396 e. The van der Waals surface area contributed by atoms with E-state index in [0.29, 0.717) is 29.2 Å². The van der Waals surface area contributed by atoms with E-state index in [1.807, 2.05) is 6.92 Å². The Balaban J connectivity index is 1.69. The van der Waals surface area contributed by atoms with Crippen molar-refractivity contribution in [2.45, 2.75) is 32.0 Å². The highest BCUT2D eigenvalue weighted by atomic mass is 35.5. The predicted molar refractivity (Wildman–Crippen MR) is 139 cm³/mol. The van der Waals surface area contributed by atoms with Gasteiger partial charge in [-0.25, -0.2) is 4.79 Å². The maximum absolute atomic E-state index is 13.2. The minimum absolute atomic E-state index is 0.112. The van der Waals surface area contributed by atoms with Crippen molar-refractivity contribution in [1.29, 1.82) is 5.26 Å². The van der Waals surface area contributed by atoms with Gasteiger partial charge < -0.3 is 26.0 Å². The molecule has 38 heavy (non-hydrogen) atoms. The van der Waals surface area contributed by atoms with Gasteiger partial charge in [-0.05, 0) is 36.8 Å². The molecule has 2 aliphatic carbocycles. The molecule has 2 amide bonds. The smallest absolute Gasteiger partial charge is 0.396 e. The molecule has 0 aromatic carbocycles. The number of halogens is 4. The second-order valence-corrected chi connectivity index (χ2v) is 9.17. The van der Waals surface area contributed by atoms with Crippen LogP contribution in [0.1, 0.15) is 19.8 Å². The standard InChI is InChI=1S/C26H28ClF3N6O2/c1-15-10-17(35-25(37)36-18-4-6-21(27)20(11-18)26(28,29)30)5-7-22(15)38-23-8-9-34-24(19(23)12-31)16(13-32-2)14-33-3/h4-9,13-15,20,24,32,34H,10-11H2,1-3H3,(H2,35,36,37)/b16-13+,33-14?. The van der Waals surface area contributed by atoms with E-state index >= 15 is 0 Å². The monoisotopic (exact) mass is 548 g/mol. The SMILES string of the molecule is CN=C/C(=C\NC)C1NC=CC(OC2=CC=C(NC(=O)NC3=CC=C(Cl)C(C(F)(F)F)C3)CC2C)=C1C#N. The normalized spacial score (nSPS) is 23.9. The molecule has 4 N–H and O–H groups in total. The molecule has 0 saturated carbocycles. The lowest BCUT2D eigenvalue weighted by Crippen LogP contribution is -2.37. The van der Waals surface area contributed by atoms with Gasteiger partial charge in [0.25, 0.3) is 0 Å². The molecule has 0 radical (unpaired) electrons. The topological polar surface area (TPSA) is 111 Å². The summed E-state index contributed by atoms with van der Waals surface area (Å²) in [7, 11) is 3.39. The van der Waals surface area contributed by atoms with Crippen molar-refractivity contribution < 1.29 is 22.7 Å². The summed E-state index contributed by atoms with van der Waals surface area (Å²) in [6.45, 7) is 1.90. The Hall–Kier alpha value is -3.91. The van der Waals surface area contributed by atoms with Crippen LogP contribution in [0.3, 0.4) is 0 Å². The van der Waals surface area contributed by atoms with Crippen molar-refractivity contribution in [1.82, 2.24) is 21.3 Å². The van der Waals surface area contributed by atoms with E-state index < -0.39 is 30.6 Å². The van der Waals surface area contributed by atoms with Crippen molar-refractivity contribution in [3.8, 4) is 6.07 Å². The first-order valence-electron chi connectivity index (χ1n) is 11.7. The highest BCUT2D eigenvalue weighted by molar-refractivity contribution is 6.30. The molecule has 0 aromatic rings. The number of nitriles is 1. The number of ether oxygens (including phenoxy) is 1. The molecule has 0 saturated heterocycles. The van der Waals surface area contributed by atoms with Gasteiger partial charge in [0.1, 0.15) is 17.6 Å². The van der Waals surface area contributed by atoms with Gasteiger partial charge in [0.15, 0.2) is 0 Å². The Morgan fingerprint density at radius 1 is 1.24 bits per heavy atom. The third kappa shape index (κ3) is 7.10. The molecular formula is C26H28ClF3N6O2. The second kappa shape index (κ2) is 12.6. The number of nitrogens with one attached hydrogen (secondary N) is 4. The highest BCUT2D eigenvalue weighted by Crippen LogP contribution is 2.40. The minimum Gasteiger partial charge on any atom is -0.460 e. The molecule has 0 aromatic heterocycles. The molecule has 8 nitrogen and oxygen atoms in total. The fraction of sp³-hybridized carbons (Fsp3) is 0.346. The maximum atomic E-state index is 13.2. The van der Waals surface area contributed by atoms with Crippen LogP contribution < -0.4 is 21.3 Å². The fourth-order valence-corrected chi connectivity index (χ4v) is 4.35. The molecular weight excluding hydrogens is 521 g/mol. The summed E-state index contributed by atoms with van der Waals surface area (Å²) >= 11 is 5.69. The second-order valence-electron chi connectivity index (χ2n) is 8.73. The highest BCUT2D eigenvalue weighted by Gasteiger charge is 2.43. The Morgan fingerprint density at radius 2 is 1.92 bits per heavy atom. The quantitative estimate of drug-likeness (QED) is 0.343. The van der Waals surface area contributed by atoms with Crippen molar-refractivity contribution in [3.05, 3.63) is 81.9 Å². The molecule has 3 rings (SSSR count). The van der Waals surface area contributed by atoms with E-state index in [1.54, 1.807) is 50.9 Å². The van der Waals surface area contributed by atoms with E-state index in [0.717, 1.165) is 11.6 Å². The number of carbonyl (C=O) groups is 1. The molecule has 0 spiro atoms. The third-order valence-electron chi connectivity index (χ3n) is 5.93. The van der Waals surface area contributed by atoms with Crippen molar-refractivity contribution >= 4 is 23.8 Å². The number of carbonyl (C=O) groups excluding carboxylic acids is 1. The zero-order valence-electron chi connectivity index (χ0n) is 21.0. The first kappa shape index (κ1) is 28.7. The van der Waals surface area contributed by atoms with E-state index in [4.69, 9.17) is 16.3 Å². The summed E-state index contributed by atoms with van der Waals surface area (Å²) in [6, 6.07) is 1.10. The molecule has 3 atom stereocenters. The fourth-order valence-electron chi connectivity index (χ4n) is 4.09. The molecule has 0 fully saturated rings. The van der Waals surface area contributed by atoms with E-state index in [2.05, 4.69) is 32.3 Å². The van der Waals surface area contributed by atoms with Crippen molar-refractivity contribution in [3.63, 3.8) is 0 Å². The number of allylic oxidation sites excluding steroid dienone is 9. The Bertz CT molecular complexity index is 1230. The van der Waals surface area contributed by atoms with Crippen LogP contribution >= 0.6 is 11.6 Å².